The molecule has 0 aliphatic carbocycles. The van der Waals surface area contributed by atoms with Crippen molar-refractivity contribution in [1.82, 2.24) is 5.32 Å². The summed E-state index contributed by atoms with van der Waals surface area (Å²) in [7, 11) is 3.51. The molecule has 0 fully saturated rings. The molecule has 100 valence electrons. The van der Waals surface area contributed by atoms with E-state index in [9.17, 15) is 4.39 Å². The van der Waals surface area contributed by atoms with Crippen LogP contribution in [-0.4, -0.2) is 14.2 Å². The molecule has 0 radical (unpaired) electrons. The molecule has 0 aromatic heterocycles. The second-order valence-electron chi connectivity index (χ2n) is 4.56. The van der Waals surface area contributed by atoms with Crippen LogP contribution in [0, 0.1) is 12.7 Å². The summed E-state index contributed by atoms with van der Waals surface area (Å²) in [4.78, 5) is 0. The lowest BCUT2D eigenvalue weighted by Crippen LogP contribution is -2.17. The summed E-state index contributed by atoms with van der Waals surface area (Å²) in [5, 5.41) is 3.22. The topological polar surface area (TPSA) is 21.3 Å². The summed E-state index contributed by atoms with van der Waals surface area (Å²) in [5.74, 6) is 0.609. The zero-order valence-electron chi connectivity index (χ0n) is 11.4. The lowest BCUT2D eigenvalue weighted by molar-refractivity contribution is 0.414. The van der Waals surface area contributed by atoms with Crippen molar-refractivity contribution in [2.75, 3.05) is 14.2 Å². The van der Waals surface area contributed by atoms with Crippen molar-refractivity contribution in [2.24, 2.45) is 0 Å². The van der Waals surface area contributed by atoms with Gasteiger partial charge < -0.3 is 10.1 Å². The highest BCUT2D eigenvalue weighted by molar-refractivity contribution is 5.37. The quantitative estimate of drug-likeness (QED) is 0.908. The number of aryl methyl sites for hydroxylation is 1. The van der Waals surface area contributed by atoms with Crippen LogP contribution in [0.3, 0.4) is 0 Å². The molecule has 0 heterocycles. The Morgan fingerprint density at radius 3 is 2.26 bits per heavy atom. The third kappa shape index (κ3) is 3.12. The maximum Gasteiger partial charge on any atom is 0.123 e. The Bertz CT molecular complexity index is 531. The second kappa shape index (κ2) is 5.85. The Morgan fingerprint density at radius 1 is 1.05 bits per heavy atom. The Hall–Kier alpha value is -1.87. The monoisotopic (exact) mass is 259 g/mol. The van der Waals surface area contributed by atoms with Crippen LogP contribution >= 0.6 is 0 Å². The first-order valence-corrected chi connectivity index (χ1v) is 6.22. The van der Waals surface area contributed by atoms with Gasteiger partial charge in [-0.05, 0) is 54.9 Å². The van der Waals surface area contributed by atoms with Gasteiger partial charge in [0.05, 0.1) is 13.2 Å². The van der Waals surface area contributed by atoms with Crippen LogP contribution in [0.2, 0.25) is 0 Å². The molecule has 2 aromatic carbocycles. The van der Waals surface area contributed by atoms with Gasteiger partial charge in [-0.15, -0.1) is 0 Å². The molecule has 1 N–H and O–H groups in total. The number of rotatable bonds is 4. The molecule has 2 rings (SSSR count). The first kappa shape index (κ1) is 13.6. The molecule has 1 unspecified atom stereocenters. The predicted molar refractivity (Wildman–Crippen MR) is 75.0 cm³/mol. The number of benzene rings is 2. The largest absolute Gasteiger partial charge is 0.497 e. The van der Waals surface area contributed by atoms with E-state index < -0.39 is 0 Å². The van der Waals surface area contributed by atoms with E-state index in [4.69, 9.17) is 4.74 Å². The molecule has 2 aromatic rings. The van der Waals surface area contributed by atoms with Gasteiger partial charge in [-0.25, -0.2) is 4.39 Å². The number of ether oxygens (including phenoxy) is 1. The molecule has 1 atom stereocenters. The van der Waals surface area contributed by atoms with Gasteiger partial charge in [0.2, 0.25) is 0 Å². The molecule has 0 bridgehead atoms. The van der Waals surface area contributed by atoms with Crippen LogP contribution in [-0.2, 0) is 0 Å². The van der Waals surface area contributed by atoms with Gasteiger partial charge in [-0.2, -0.15) is 0 Å². The van der Waals surface area contributed by atoms with Crippen molar-refractivity contribution >= 4 is 0 Å². The lowest BCUT2D eigenvalue weighted by atomic mass is 9.97. The van der Waals surface area contributed by atoms with Crippen molar-refractivity contribution in [1.29, 1.82) is 0 Å². The zero-order valence-corrected chi connectivity index (χ0v) is 11.4. The van der Waals surface area contributed by atoms with E-state index in [2.05, 4.69) is 5.32 Å². The van der Waals surface area contributed by atoms with Gasteiger partial charge in [-0.3, -0.25) is 0 Å². The Labute approximate surface area is 113 Å². The van der Waals surface area contributed by atoms with Crippen LogP contribution < -0.4 is 10.1 Å². The first-order chi connectivity index (χ1) is 9.13. The van der Waals surface area contributed by atoms with Crippen molar-refractivity contribution in [3.05, 3.63) is 65.0 Å². The summed E-state index contributed by atoms with van der Waals surface area (Å²) in [6.07, 6.45) is 0. The highest BCUT2D eigenvalue weighted by Crippen LogP contribution is 2.25. The fourth-order valence-electron chi connectivity index (χ4n) is 2.25. The van der Waals surface area contributed by atoms with E-state index in [0.717, 1.165) is 22.4 Å². The lowest BCUT2D eigenvalue weighted by Gasteiger charge is -2.18. The SMILES string of the molecule is CNC(c1ccc(OC)cc1)c1cc(C)cc(F)c1. The molecule has 0 saturated heterocycles. The third-order valence-corrected chi connectivity index (χ3v) is 3.14. The number of nitrogens with one attached hydrogen (secondary N) is 1. The average Bonchev–Trinajstić information content (AvgIpc) is 2.39. The first-order valence-electron chi connectivity index (χ1n) is 6.22. The van der Waals surface area contributed by atoms with E-state index in [0.29, 0.717) is 0 Å². The molecule has 0 aliphatic rings. The maximum atomic E-state index is 13.5. The van der Waals surface area contributed by atoms with E-state index in [1.165, 1.54) is 6.07 Å². The minimum atomic E-state index is -0.205. The molecule has 2 nitrogen and oxygen atoms in total. The van der Waals surface area contributed by atoms with Gasteiger partial charge in [0, 0.05) is 0 Å². The maximum absolute atomic E-state index is 13.5. The van der Waals surface area contributed by atoms with Crippen molar-refractivity contribution < 1.29 is 9.13 Å². The molecule has 0 saturated carbocycles. The van der Waals surface area contributed by atoms with Gasteiger partial charge in [-0.1, -0.05) is 18.2 Å². The van der Waals surface area contributed by atoms with Gasteiger partial charge in [0.15, 0.2) is 0 Å². The normalized spacial score (nSPS) is 12.2. The van der Waals surface area contributed by atoms with Crippen molar-refractivity contribution in [3.8, 4) is 5.75 Å². The smallest absolute Gasteiger partial charge is 0.123 e. The standard InChI is InChI=1S/C16H18FNO/c1-11-8-13(10-14(17)9-11)16(18-2)12-4-6-15(19-3)7-5-12/h4-10,16,18H,1-3H3. The van der Waals surface area contributed by atoms with Gasteiger partial charge >= 0.3 is 0 Å². The van der Waals surface area contributed by atoms with E-state index in [1.54, 1.807) is 13.2 Å². The summed E-state index contributed by atoms with van der Waals surface area (Å²) in [6, 6.07) is 12.9. The van der Waals surface area contributed by atoms with E-state index in [1.807, 2.05) is 44.3 Å². The molecule has 19 heavy (non-hydrogen) atoms. The Balaban J connectivity index is 2.37. The third-order valence-electron chi connectivity index (χ3n) is 3.14. The molecule has 3 heteroatoms. The number of methoxy groups -OCH3 is 1. The highest BCUT2D eigenvalue weighted by atomic mass is 19.1. The zero-order chi connectivity index (χ0) is 13.8. The van der Waals surface area contributed by atoms with E-state index >= 15 is 0 Å². The molecule has 0 spiro atoms. The second-order valence-corrected chi connectivity index (χ2v) is 4.56. The van der Waals surface area contributed by atoms with Gasteiger partial charge in [0.25, 0.3) is 0 Å². The van der Waals surface area contributed by atoms with Crippen LogP contribution in [0.5, 0.6) is 5.75 Å². The summed E-state index contributed by atoms with van der Waals surface area (Å²) in [5.41, 5.74) is 2.92. The van der Waals surface area contributed by atoms with Crippen molar-refractivity contribution in [2.45, 2.75) is 13.0 Å². The van der Waals surface area contributed by atoms with E-state index in [-0.39, 0.29) is 11.9 Å². The molecular formula is C16H18FNO. The summed E-state index contributed by atoms with van der Waals surface area (Å²) >= 11 is 0. The minimum absolute atomic E-state index is 0.0275. The Morgan fingerprint density at radius 2 is 1.74 bits per heavy atom. The summed E-state index contributed by atoms with van der Waals surface area (Å²) in [6.45, 7) is 1.90. The van der Waals surface area contributed by atoms with Gasteiger partial charge in [0.1, 0.15) is 11.6 Å². The predicted octanol–water partition coefficient (Wildman–Crippen LogP) is 3.45. The van der Waals surface area contributed by atoms with Crippen LogP contribution in [0.25, 0.3) is 0 Å². The Kier molecular flexibility index (Phi) is 4.17. The molecule has 0 amide bonds. The van der Waals surface area contributed by atoms with Crippen LogP contribution in [0.1, 0.15) is 22.7 Å². The molecular weight excluding hydrogens is 241 g/mol. The highest BCUT2D eigenvalue weighted by Gasteiger charge is 2.13. The fourth-order valence-corrected chi connectivity index (χ4v) is 2.25. The van der Waals surface area contributed by atoms with Crippen molar-refractivity contribution in [3.63, 3.8) is 0 Å². The fraction of sp³-hybridized carbons (Fsp3) is 0.250. The number of hydrogen-bond donors (Lipinski definition) is 1. The minimum Gasteiger partial charge on any atom is -0.497 e. The number of hydrogen-bond acceptors (Lipinski definition) is 2. The van der Waals surface area contributed by atoms with Crippen LogP contribution in [0.4, 0.5) is 4.39 Å². The average molecular weight is 259 g/mol. The summed E-state index contributed by atoms with van der Waals surface area (Å²) < 4.78 is 18.7. The van der Waals surface area contributed by atoms with Crippen LogP contribution in [0.15, 0.2) is 42.5 Å². The number of halogens is 1. The molecule has 0 aliphatic heterocycles.